The van der Waals surface area contributed by atoms with Crippen molar-refractivity contribution in [2.75, 3.05) is 0 Å². The Morgan fingerprint density at radius 2 is 0.232 bits per heavy atom. The van der Waals surface area contributed by atoms with Crippen LogP contribution in [0.5, 0.6) is 0 Å². The first-order valence-corrected chi connectivity index (χ1v) is 27.8. The highest BCUT2D eigenvalue weighted by atomic mass is 14.2. The lowest BCUT2D eigenvalue weighted by atomic mass is 9.85. The maximum atomic E-state index is 3.48. The van der Waals surface area contributed by atoms with Crippen molar-refractivity contribution in [3.8, 4) is 23.7 Å². The van der Waals surface area contributed by atoms with Gasteiger partial charge in [0.25, 0.3) is 0 Å². The summed E-state index contributed by atoms with van der Waals surface area (Å²) in [5, 5.41) is 0. The van der Waals surface area contributed by atoms with Crippen LogP contribution in [0.4, 0.5) is 0 Å². The summed E-state index contributed by atoms with van der Waals surface area (Å²) in [5.74, 6) is 13.9. The molecule has 0 aromatic heterocycles. The maximum absolute atomic E-state index is 3.48. The second kappa shape index (κ2) is 25.2. The minimum Gasteiger partial charge on any atom is -0.0622 e. The molecule has 12 aromatic carbocycles. The molecule has 0 fully saturated rings. The molecule has 0 radical (unpaired) electrons. The lowest BCUT2D eigenvalue weighted by molar-refractivity contribution is 1.49. The first kappa shape index (κ1) is 51.7. The van der Waals surface area contributed by atoms with E-state index < -0.39 is 0 Å². The zero-order valence-electron chi connectivity index (χ0n) is 45.3. The van der Waals surface area contributed by atoms with Crippen LogP contribution in [0.3, 0.4) is 0 Å². The van der Waals surface area contributed by atoms with Crippen LogP contribution in [0.2, 0.25) is 0 Å². The van der Waals surface area contributed by atoms with Crippen LogP contribution in [0.25, 0.3) is 33.4 Å². The third kappa shape index (κ3) is 12.0. The molecule has 0 heterocycles. The molecule has 0 aliphatic rings. The molecule has 0 saturated heterocycles. The average Bonchev–Trinajstić information content (AvgIpc) is 3.65. The fraction of sp³-hybridized carbons (Fsp3) is 0. The molecular formula is C82H56. The molecule has 12 rings (SSSR count). The molecule has 0 bridgehead atoms. The molecule has 0 aliphatic carbocycles. The van der Waals surface area contributed by atoms with Gasteiger partial charge in [0, 0.05) is 22.3 Å². The van der Waals surface area contributed by atoms with Crippen molar-refractivity contribution in [2.24, 2.45) is 0 Å². The van der Waals surface area contributed by atoms with Crippen molar-refractivity contribution in [3.05, 3.63) is 429 Å². The fourth-order valence-electron chi connectivity index (χ4n) is 10.7. The van der Waals surface area contributed by atoms with E-state index >= 15 is 0 Å². The third-order valence-electron chi connectivity index (χ3n) is 14.6. The molecule has 0 saturated carbocycles. The summed E-state index contributed by atoms with van der Waals surface area (Å²) in [4.78, 5) is 0. The van der Waals surface area contributed by atoms with Gasteiger partial charge in [-0.15, -0.1) is 0 Å². The average molecular weight is 1040 g/mol. The highest BCUT2D eigenvalue weighted by Gasteiger charge is 2.19. The van der Waals surface area contributed by atoms with Gasteiger partial charge >= 0.3 is 0 Å². The minimum atomic E-state index is 0.941. The van der Waals surface area contributed by atoms with E-state index in [2.05, 4.69) is 363 Å². The summed E-state index contributed by atoms with van der Waals surface area (Å²) < 4.78 is 0. The van der Waals surface area contributed by atoms with E-state index in [9.17, 15) is 0 Å². The molecule has 12 aromatic rings. The SMILES string of the molecule is C(#Cc1ccc(/C(=C(\c2ccccc2)c2ccc(C#Cc3ccc(C(=C(c4ccccc4)c4ccccc4)c4ccccc4)cc3)cc2)c2ccccc2)cc1)c1ccc(C(=C(c2ccccc2)c2ccccc2)c2ccccc2)cc1. The number of benzene rings is 12. The normalized spacial score (nSPS) is 10.9. The minimum absolute atomic E-state index is 0.941. The number of rotatable bonds is 12. The van der Waals surface area contributed by atoms with E-state index in [1.54, 1.807) is 0 Å². The molecule has 0 spiro atoms. The van der Waals surface area contributed by atoms with Gasteiger partial charge < -0.3 is 0 Å². The van der Waals surface area contributed by atoms with Crippen LogP contribution in [-0.4, -0.2) is 0 Å². The number of hydrogen-bond donors (Lipinski definition) is 0. The van der Waals surface area contributed by atoms with Gasteiger partial charge in [0.1, 0.15) is 0 Å². The van der Waals surface area contributed by atoms with Gasteiger partial charge in [-0.3, -0.25) is 0 Å². The molecule has 82 heavy (non-hydrogen) atoms. The van der Waals surface area contributed by atoms with E-state index in [-0.39, 0.29) is 0 Å². The van der Waals surface area contributed by atoms with Crippen molar-refractivity contribution in [2.45, 2.75) is 0 Å². The van der Waals surface area contributed by atoms with Crippen LogP contribution in [0, 0.1) is 23.7 Å². The Morgan fingerprint density at radius 1 is 0.122 bits per heavy atom. The molecule has 0 nitrogen and oxygen atoms in total. The second-order valence-electron chi connectivity index (χ2n) is 20.0. The largest absolute Gasteiger partial charge is 0.0622 e. The van der Waals surface area contributed by atoms with Gasteiger partial charge in [0.15, 0.2) is 0 Å². The monoisotopic (exact) mass is 1040 g/mol. The van der Waals surface area contributed by atoms with Crippen molar-refractivity contribution in [1.82, 2.24) is 0 Å². The molecular weight excluding hydrogens is 985 g/mol. The standard InChI is InChI=1S/C82H56/c1-9-25-65(26-10-1)77(66-27-11-2-12-28-66)79(69-33-17-5-18-34-69)73-53-45-61(46-54-73)41-43-63-49-57-75(58-50-63)81(71-37-21-7-22-38-71)82(72-39-23-8-24-40-72)76-59-51-64(52-60-76)44-42-62-47-55-74(56-48-62)80(70-35-19-6-20-36-70)78(67-29-13-3-14-30-67)68-31-15-4-16-32-68/h1-40,45-60H/b82-81+. The Bertz CT molecular complexity index is 3920. The van der Waals surface area contributed by atoms with Gasteiger partial charge in [-0.25, -0.2) is 0 Å². The van der Waals surface area contributed by atoms with Crippen molar-refractivity contribution in [3.63, 3.8) is 0 Å². The zero-order valence-corrected chi connectivity index (χ0v) is 45.3. The van der Waals surface area contributed by atoms with E-state index in [0.717, 1.165) is 77.9 Å². The van der Waals surface area contributed by atoms with Gasteiger partial charge in [-0.1, -0.05) is 315 Å². The summed E-state index contributed by atoms with van der Waals surface area (Å²) in [7, 11) is 0. The lowest BCUT2D eigenvalue weighted by Crippen LogP contribution is -1.98. The quantitative estimate of drug-likeness (QED) is 0.0845. The third-order valence-corrected chi connectivity index (χ3v) is 14.6. The Balaban J connectivity index is 0.849. The van der Waals surface area contributed by atoms with Gasteiger partial charge in [-0.05, 0) is 149 Å². The molecule has 384 valence electrons. The highest BCUT2D eigenvalue weighted by Crippen LogP contribution is 2.40. The fourth-order valence-corrected chi connectivity index (χ4v) is 10.7. The molecule has 0 amide bonds. The van der Waals surface area contributed by atoms with E-state index in [1.807, 2.05) is 0 Å². The van der Waals surface area contributed by atoms with Crippen LogP contribution in [0.1, 0.15) is 89.0 Å². The van der Waals surface area contributed by atoms with E-state index in [0.29, 0.717) is 0 Å². The predicted octanol–water partition coefficient (Wildman–Crippen LogP) is 19.5. The Hall–Kier alpha value is -11.0. The summed E-state index contributed by atoms with van der Waals surface area (Å²) in [5.41, 5.74) is 24.5. The first-order chi connectivity index (χ1) is 40.7. The van der Waals surface area contributed by atoms with Crippen LogP contribution >= 0.6 is 0 Å². The highest BCUT2D eigenvalue weighted by molar-refractivity contribution is 6.07. The van der Waals surface area contributed by atoms with E-state index in [4.69, 9.17) is 0 Å². The first-order valence-electron chi connectivity index (χ1n) is 27.8. The summed E-state index contributed by atoms with van der Waals surface area (Å²) in [6.45, 7) is 0. The maximum Gasteiger partial charge on any atom is 0.0249 e. The van der Waals surface area contributed by atoms with Crippen LogP contribution in [0.15, 0.2) is 340 Å². The van der Waals surface area contributed by atoms with Crippen LogP contribution in [-0.2, 0) is 0 Å². The molecule has 0 N–H and O–H groups in total. The van der Waals surface area contributed by atoms with E-state index in [1.165, 1.54) is 44.5 Å². The summed E-state index contributed by atoms with van der Waals surface area (Å²) in [6, 6.07) is 120. The Morgan fingerprint density at radius 3 is 0.354 bits per heavy atom. The molecule has 0 atom stereocenters. The molecule has 0 heteroatoms. The van der Waals surface area contributed by atoms with Crippen LogP contribution < -0.4 is 0 Å². The topological polar surface area (TPSA) is 0 Å². The van der Waals surface area contributed by atoms with Crippen molar-refractivity contribution in [1.29, 1.82) is 0 Å². The van der Waals surface area contributed by atoms with Gasteiger partial charge in [0.2, 0.25) is 0 Å². The summed E-state index contributed by atoms with van der Waals surface area (Å²) in [6.07, 6.45) is 0. The summed E-state index contributed by atoms with van der Waals surface area (Å²) >= 11 is 0. The van der Waals surface area contributed by atoms with Crippen molar-refractivity contribution >= 4 is 33.4 Å². The lowest BCUT2D eigenvalue weighted by Gasteiger charge is -2.18. The molecule has 0 aliphatic heterocycles. The predicted molar refractivity (Wildman–Crippen MR) is 344 cm³/mol. The molecule has 0 unspecified atom stereocenters. The van der Waals surface area contributed by atoms with Gasteiger partial charge in [0.05, 0.1) is 0 Å². The second-order valence-corrected chi connectivity index (χ2v) is 20.0. The number of hydrogen-bond acceptors (Lipinski definition) is 0. The smallest absolute Gasteiger partial charge is 0.0249 e. The Kier molecular flexibility index (Phi) is 15.9. The zero-order chi connectivity index (χ0) is 55.1. The van der Waals surface area contributed by atoms with Gasteiger partial charge in [-0.2, -0.15) is 0 Å². The van der Waals surface area contributed by atoms with Crippen molar-refractivity contribution < 1.29 is 0 Å². The Labute approximate surface area is 483 Å².